The molecule has 144 valence electrons. The van der Waals surface area contributed by atoms with Gasteiger partial charge in [0.1, 0.15) is 41.1 Å². The fraction of sp³-hybridized carbons (Fsp3) is 0.150. The van der Waals surface area contributed by atoms with E-state index in [0.29, 0.717) is 29.4 Å². The molecule has 4 aromatic rings. The van der Waals surface area contributed by atoms with Crippen molar-refractivity contribution < 1.29 is 0 Å². The predicted octanol–water partition coefficient (Wildman–Crippen LogP) is 2.29. The van der Waals surface area contributed by atoms with Crippen LogP contribution in [0.4, 0.5) is 11.6 Å². The summed E-state index contributed by atoms with van der Waals surface area (Å²) in [7, 11) is 0. The third kappa shape index (κ3) is 3.17. The van der Waals surface area contributed by atoms with Crippen molar-refractivity contribution in [3.05, 3.63) is 76.9 Å². The molecule has 0 amide bonds. The SMILES string of the molecule is CCC(Nc1ncnc(N)c1C#N)c1nc2cccn2c(=O)n1-c1ccccc1. The van der Waals surface area contributed by atoms with Crippen molar-refractivity contribution in [3.63, 3.8) is 0 Å². The van der Waals surface area contributed by atoms with E-state index in [1.807, 2.05) is 43.3 Å². The number of benzene rings is 1. The molecule has 4 rings (SSSR count). The normalized spacial score (nSPS) is 11.9. The zero-order valence-corrected chi connectivity index (χ0v) is 15.6. The second-order valence-corrected chi connectivity index (χ2v) is 6.36. The maximum Gasteiger partial charge on any atom is 0.339 e. The molecule has 0 fully saturated rings. The van der Waals surface area contributed by atoms with Gasteiger partial charge >= 0.3 is 5.69 Å². The van der Waals surface area contributed by atoms with E-state index in [9.17, 15) is 10.1 Å². The first-order chi connectivity index (χ1) is 14.1. The second-order valence-electron chi connectivity index (χ2n) is 6.36. The Morgan fingerprint density at radius 3 is 2.72 bits per heavy atom. The number of para-hydroxylation sites is 1. The minimum Gasteiger partial charge on any atom is -0.382 e. The molecule has 1 atom stereocenters. The van der Waals surface area contributed by atoms with Gasteiger partial charge in [0, 0.05) is 6.20 Å². The Balaban J connectivity index is 1.91. The van der Waals surface area contributed by atoms with Crippen molar-refractivity contribution >= 4 is 17.3 Å². The van der Waals surface area contributed by atoms with Gasteiger partial charge in [-0.3, -0.25) is 4.40 Å². The number of nitrogen functional groups attached to an aromatic ring is 1. The zero-order valence-electron chi connectivity index (χ0n) is 15.6. The van der Waals surface area contributed by atoms with Crippen molar-refractivity contribution in [1.82, 2.24) is 23.9 Å². The van der Waals surface area contributed by atoms with Gasteiger partial charge in [0.15, 0.2) is 0 Å². The van der Waals surface area contributed by atoms with Gasteiger partial charge < -0.3 is 11.1 Å². The molecule has 0 saturated carbocycles. The van der Waals surface area contributed by atoms with Gasteiger partial charge in [-0.2, -0.15) is 5.26 Å². The molecule has 0 radical (unpaired) electrons. The summed E-state index contributed by atoms with van der Waals surface area (Å²) in [5, 5.41) is 12.6. The standard InChI is InChI=1S/C20H18N8O/c1-2-15(25-18-14(11-21)17(22)23-12-24-18)19-26-16-9-6-10-27(16)20(29)28(19)13-7-4-3-5-8-13/h3-10,12,15H,2H2,1H3,(H3,22,23,24,25). The maximum absolute atomic E-state index is 13.2. The number of hydrogen-bond donors (Lipinski definition) is 2. The van der Waals surface area contributed by atoms with Gasteiger partial charge in [0.05, 0.1) is 11.7 Å². The number of nitrogens with one attached hydrogen (secondary N) is 1. The van der Waals surface area contributed by atoms with Crippen LogP contribution in [0.5, 0.6) is 0 Å². The van der Waals surface area contributed by atoms with Gasteiger partial charge in [-0.15, -0.1) is 0 Å². The van der Waals surface area contributed by atoms with E-state index in [2.05, 4.69) is 15.3 Å². The summed E-state index contributed by atoms with van der Waals surface area (Å²) in [5.41, 5.74) is 6.96. The van der Waals surface area contributed by atoms with Crippen molar-refractivity contribution in [2.24, 2.45) is 0 Å². The predicted molar refractivity (Wildman–Crippen MR) is 109 cm³/mol. The second kappa shape index (κ2) is 7.44. The molecule has 1 unspecified atom stereocenters. The first-order valence-corrected chi connectivity index (χ1v) is 9.06. The van der Waals surface area contributed by atoms with Crippen LogP contribution in [0.3, 0.4) is 0 Å². The summed E-state index contributed by atoms with van der Waals surface area (Å²) in [6.45, 7) is 1.96. The molecule has 29 heavy (non-hydrogen) atoms. The molecule has 3 aromatic heterocycles. The fourth-order valence-corrected chi connectivity index (χ4v) is 3.18. The molecule has 0 aliphatic carbocycles. The topological polar surface area (TPSA) is 127 Å². The molecule has 0 saturated heterocycles. The van der Waals surface area contributed by atoms with E-state index in [4.69, 9.17) is 10.7 Å². The van der Waals surface area contributed by atoms with Crippen LogP contribution in [-0.4, -0.2) is 23.9 Å². The van der Waals surface area contributed by atoms with E-state index >= 15 is 0 Å². The van der Waals surface area contributed by atoms with E-state index in [-0.39, 0.29) is 17.1 Å². The van der Waals surface area contributed by atoms with Crippen LogP contribution in [0.25, 0.3) is 11.3 Å². The lowest BCUT2D eigenvalue weighted by molar-refractivity contribution is 0.638. The molecular weight excluding hydrogens is 368 g/mol. The van der Waals surface area contributed by atoms with Crippen LogP contribution < -0.4 is 16.7 Å². The average Bonchev–Trinajstić information content (AvgIpc) is 3.22. The van der Waals surface area contributed by atoms with Gasteiger partial charge in [0.2, 0.25) is 0 Å². The summed E-state index contributed by atoms with van der Waals surface area (Å²) in [6, 6.07) is 14.5. The lowest BCUT2D eigenvalue weighted by Gasteiger charge is -2.22. The van der Waals surface area contributed by atoms with Gasteiger partial charge in [0.25, 0.3) is 0 Å². The number of anilines is 2. The lowest BCUT2D eigenvalue weighted by atomic mass is 10.1. The molecule has 0 aliphatic heterocycles. The highest BCUT2D eigenvalue weighted by Gasteiger charge is 2.22. The number of fused-ring (bicyclic) bond motifs is 1. The van der Waals surface area contributed by atoms with Crippen molar-refractivity contribution in [3.8, 4) is 11.8 Å². The van der Waals surface area contributed by atoms with Gasteiger partial charge in [-0.25, -0.2) is 24.3 Å². The smallest absolute Gasteiger partial charge is 0.339 e. The summed E-state index contributed by atoms with van der Waals surface area (Å²) in [4.78, 5) is 26.0. The number of rotatable bonds is 5. The molecule has 9 nitrogen and oxygen atoms in total. The third-order valence-electron chi connectivity index (χ3n) is 4.62. The Morgan fingerprint density at radius 2 is 2.00 bits per heavy atom. The van der Waals surface area contributed by atoms with Crippen LogP contribution in [0.2, 0.25) is 0 Å². The molecular formula is C20H18N8O. The number of nitrogens with zero attached hydrogens (tertiary/aromatic N) is 6. The summed E-state index contributed by atoms with van der Waals surface area (Å²) < 4.78 is 3.05. The number of nitriles is 1. The van der Waals surface area contributed by atoms with E-state index in [1.54, 1.807) is 22.9 Å². The fourth-order valence-electron chi connectivity index (χ4n) is 3.18. The first-order valence-electron chi connectivity index (χ1n) is 9.06. The highest BCUT2D eigenvalue weighted by Crippen LogP contribution is 2.25. The van der Waals surface area contributed by atoms with Crippen LogP contribution in [0.1, 0.15) is 30.8 Å². The van der Waals surface area contributed by atoms with E-state index in [1.165, 1.54) is 10.7 Å². The number of hydrogen-bond acceptors (Lipinski definition) is 7. The van der Waals surface area contributed by atoms with Gasteiger partial charge in [-0.1, -0.05) is 25.1 Å². The van der Waals surface area contributed by atoms with Crippen molar-refractivity contribution in [2.45, 2.75) is 19.4 Å². The molecule has 3 heterocycles. The Hall–Kier alpha value is -4.19. The quantitative estimate of drug-likeness (QED) is 0.539. The third-order valence-corrected chi connectivity index (χ3v) is 4.62. The van der Waals surface area contributed by atoms with Crippen LogP contribution >= 0.6 is 0 Å². The number of aromatic nitrogens is 5. The highest BCUT2D eigenvalue weighted by molar-refractivity contribution is 5.62. The maximum atomic E-state index is 13.2. The molecule has 0 bridgehead atoms. The van der Waals surface area contributed by atoms with Crippen LogP contribution in [-0.2, 0) is 0 Å². The summed E-state index contributed by atoms with van der Waals surface area (Å²) >= 11 is 0. The van der Waals surface area contributed by atoms with Crippen LogP contribution in [0, 0.1) is 11.3 Å². The summed E-state index contributed by atoms with van der Waals surface area (Å²) in [5.74, 6) is 0.905. The first kappa shape index (κ1) is 18.2. The average molecular weight is 386 g/mol. The largest absolute Gasteiger partial charge is 0.382 e. The van der Waals surface area contributed by atoms with Crippen molar-refractivity contribution in [2.75, 3.05) is 11.1 Å². The Bertz CT molecular complexity index is 1270. The Labute approximate surface area is 166 Å². The van der Waals surface area contributed by atoms with Crippen molar-refractivity contribution in [1.29, 1.82) is 5.26 Å². The van der Waals surface area contributed by atoms with Crippen LogP contribution in [0.15, 0.2) is 59.8 Å². The Morgan fingerprint density at radius 1 is 1.21 bits per heavy atom. The highest BCUT2D eigenvalue weighted by atomic mass is 16.1. The zero-order chi connectivity index (χ0) is 20.4. The summed E-state index contributed by atoms with van der Waals surface area (Å²) in [6.07, 6.45) is 3.56. The molecule has 3 N–H and O–H groups in total. The minimum absolute atomic E-state index is 0.0929. The molecule has 0 spiro atoms. The van der Waals surface area contributed by atoms with Gasteiger partial charge in [-0.05, 0) is 30.7 Å². The van der Waals surface area contributed by atoms with E-state index < -0.39 is 6.04 Å². The van der Waals surface area contributed by atoms with E-state index in [0.717, 1.165) is 0 Å². The molecule has 9 heteroatoms. The number of nitrogens with two attached hydrogens (primary N) is 1. The molecule has 0 aliphatic rings. The lowest BCUT2D eigenvalue weighted by Crippen LogP contribution is -2.32. The monoisotopic (exact) mass is 386 g/mol. The Kier molecular flexibility index (Phi) is 4.66. The molecule has 1 aromatic carbocycles. The minimum atomic E-state index is -0.399.